The molecule has 8 saturated carbocycles. The van der Waals surface area contributed by atoms with Gasteiger partial charge in [0.1, 0.15) is 0 Å². The molecule has 28 heavy (non-hydrogen) atoms. The van der Waals surface area contributed by atoms with Crippen molar-refractivity contribution in [2.45, 2.75) is 117 Å². The van der Waals surface area contributed by atoms with Crippen LogP contribution in [-0.2, 0) is 4.79 Å². The highest BCUT2D eigenvalue weighted by Gasteiger charge is 2.60. The highest BCUT2D eigenvalue weighted by Crippen LogP contribution is 2.66. The van der Waals surface area contributed by atoms with Crippen molar-refractivity contribution < 1.29 is 4.79 Å². The van der Waals surface area contributed by atoms with Crippen molar-refractivity contribution in [1.29, 1.82) is 0 Å². The predicted octanol–water partition coefficient (Wildman–Crippen LogP) is 6.48. The molecular formula is C26H43NO. The van der Waals surface area contributed by atoms with Gasteiger partial charge in [-0.15, -0.1) is 0 Å². The Labute approximate surface area is 173 Å². The van der Waals surface area contributed by atoms with E-state index in [0.717, 1.165) is 28.6 Å². The van der Waals surface area contributed by atoms with Crippen molar-refractivity contribution in [2.75, 3.05) is 0 Å². The number of hydrogen-bond donors (Lipinski definition) is 1. The van der Waals surface area contributed by atoms with Crippen LogP contribution in [0.25, 0.3) is 0 Å². The molecule has 8 aliphatic rings. The summed E-state index contributed by atoms with van der Waals surface area (Å²) in [7, 11) is 0. The van der Waals surface area contributed by atoms with E-state index in [1.54, 1.807) is 39.0 Å². The quantitative estimate of drug-likeness (QED) is 0.549. The molecule has 158 valence electrons. The summed E-state index contributed by atoms with van der Waals surface area (Å²) in [6.45, 7) is 11.6. The minimum atomic E-state index is 0.148. The second-order valence-corrected chi connectivity index (χ2v) is 14.2. The van der Waals surface area contributed by atoms with Gasteiger partial charge in [-0.1, -0.05) is 27.7 Å². The second-order valence-electron chi connectivity index (χ2n) is 14.2. The van der Waals surface area contributed by atoms with E-state index in [1.807, 2.05) is 0 Å². The van der Waals surface area contributed by atoms with Crippen molar-refractivity contribution in [2.24, 2.45) is 39.4 Å². The molecule has 0 radical (unpaired) electrons. The molecule has 8 aliphatic carbocycles. The summed E-state index contributed by atoms with van der Waals surface area (Å²) in [6.07, 6.45) is 17.1. The maximum atomic E-state index is 11.4. The second kappa shape index (κ2) is 5.79. The van der Waals surface area contributed by atoms with Crippen molar-refractivity contribution in [3.63, 3.8) is 0 Å². The number of nitrogens with one attached hydrogen (secondary N) is 1. The zero-order valence-corrected chi connectivity index (χ0v) is 19.1. The van der Waals surface area contributed by atoms with Crippen LogP contribution in [0.15, 0.2) is 0 Å². The Balaban J connectivity index is 0.000000127. The molecule has 0 aromatic carbocycles. The third kappa shape index (κ3) is 3.35. The summed E-state index contributed by atoms with van der Waals surface area (Å²) < 4.78 is 0. The van der Waals surface area contributed by atoms with Gasteiger partial charge in [0.15, 0.2) is 0 Å². The maximum absolute atomic E-state index is 11.4. The third-order valence-corrected chi connectivity index (χ3v) is 9.71. The molecule has 8 rings (SSSR count). The summed E-state index contributed by atoms with van der Waals surface area (Å²) in [5.74, 6) is 3.25. The molecule has 1 N–H and O–H groups in total. The Morgan fingerprint density at radius 3 is 1.46 bits per heavy atom. The molecule has 2 atom stereocenters. The van der Waals surface area contributed by atoms with Gasteiger partial charge in [-0.2, -0.15) is 0 Å². The van der Waals surface area contributed by atoms with Crippen LogP contribution in [0.3, 0.4) is 0 Å². The van der Waals surface area contributed by atoms with E-state index < -0.39 is 0 Å². The minimum absolute atomic E-state index is 0.148. The zero-order valence-electron chi connectivity index (χ0n) is 19.1. The van der Waals surface area contributed by atoms with E-state index in [9.17, 15) is 4.79 Å². The monoisotopic (exact) mass is 385 g/mol. The highest BCUT2D eigenvalue weighted by atomic mass is 16.1. The molecule has 0 heterocycles. The molecule has 0 aromatic heterocycles. The molecule has 2 unspecified atom stereocenters. The Morgan fingerprint density at radius 2 is 1.07 bits per heavy atom. The van der Waals surface area contributed by atoms with Gasteiger partial charge in [0.05, 0.1) is 0 Å². The lowest BCUT2D eigenvalue weighted by molar-refractivity contribution is -0.138. The predicted molar refractivity (Wildman–Crippen MR) is 115 cm³/mol. The number of carbonyl (C=O) groups excluding carboxylic acids is 1. The van der Waals surface area contributed by atoms with E-state index in [-0.39, 0.29) is 11.4 Å². The van der Waals surface area contributed by atoms with Crippen molar-refractivity contribution in [3.8, 4) is 0 Å². The van der Waals surface area contributed by atoms with Crippen molar-refractivity contribution in [3.05, 3.63) is 0 Å². The number of carbonyl (C=O) groups is 1. The molecule has 0 aliphatic heterocycles. The van der Waals surface area contributed by atoms with E-state index in [1.165, 1.54) is 44.9 Å². The fraction of sp³-hybridized carbons (Fsp3) is 0.962. The van der Waals surface area contributed by atoms with Crippen LogP contribution < -0.4 is 5.32 Å². The van der Waals surface area contributed by atoms with Crippen molar-refractivity contribution >= 4 is 5.91 Å². The van der Waals surface area contributed by atoms with Crippen LogP contribution in [0.2, 0.25) is 0 Å². The molecule has 2 heteroatoms. The maximum Gasteiger partial charge on any atom is 0.217 e. The molecular weight excluding hydrogens is 342 g/mol. The van der Waals surface area contributed by atoms with Gasteiger partial charge >= 0.3 is 0 Å². The van der Waals surface area contributed by atoms with Gasteiger partial charge < -0.3 is 5.32 Å². The first-order valence-corrected chi connectivity index (χ1v) is 12.2. The van der Waals surface area contributed by atoms with Crippen LogP contribution in [0.4, 0.5) is 0 Å². The molecule has 8 bridgehead atoms. The average Bonchev–Trinajstić information content (AvgIpc) is 2.37. The van der Waals surface area contributed by atoms with Crippen LogP contribution in [0.1, 0.15) is 112 Å². The zero-order chi connectivity index (χ0) is 20.0. The number of amides is 1. The number of hydrogen-bond acceptors (Lipinski definition) is 1. The standard InChI is InChI=1S/C14H23NO.C12H20/c1-10(16)15-14-6-11-4-12(2,8-14)7-13(3,5-11)9-14;1-11-4-9-3-10(5-11)7-12(2,6-9)8-11/h11H,4-9H2,1-3H3,(H,15,16);9-10H,3-8H2,1-2H3. The fourth-order valence-electron chi connectivity index (χ4n) is 11.2. The summed E-state index contributed by atoms with van der Waals surface area (Å²) in [6, 6.07) is 0. The first-order valence-electron chi connectivity index (χ1n) is 12.2. The third-order valence-electron chi connectivity index (χ3n) is 9.71. The summed E-state index contributed by atoms with van der Waals surface area (Å²) >= 11 is 0. The molecule has 1 amide bonds. The SMILES string of the molecule is CC(=O)NC12CC3CC(C)(CC(C)(C3)C1)C2.CC12CC3CC(C1)CC(C)(C3)C2. The van der Waals surface area contributed by atoms with Gasteiger partial charge in [0.2, 0.25) is 5.91 Å². The lowest BCUT2D eigenvalue weighted by Gasteiger charge is -2.65. The molecule has 0 aromatic rings. The Kier molecular flexibility index (Phi) is 4.02. The topological polar surface area (TPSA) is 29.1 Å². The lowest BCUT2D eigenvalue weighted by Crippen LogP contribution is -2.64. The highest BCUT2D eigenvalue weighted by molar-refractivity contribution is 5.74. The molecule has 2 nitrogen and oxygen atoms in total. The Morgan fingerprint density at radius 1 is 0.643 bits per heavy atom. The largest absolute Gasteiger partial charge is 0.351 e. The number of rotatable bonds is 1. The summed E-state index contributed by atoms with van der Waals surface area (Å²) in [4.78, 5) is 11.4. The van der Waals surface area contributed by atoms with E-state index >= 15 is 0 Å². The first-order chi connectivity index (χ1) is 12.9. The Hall–Kier alpha value is -0.530. The van der Waals surface area contributed by atoms with E-state index in [0.29, 0.717) is 10.8 Å². The van der Waals surface area contributed by atoms with Gasteiger partial charge in [0.25, 0.3) is 0 Å². The van der Waals surface area contributed by atoms with Crippen molar-refractivity contribution in [1.82, 2.24) is 5.32 Å². The van der Waals surface area contributed by atoms with Crippen LogP contribution in [0.5, 0.6) is 0 Å². The van der Waals surface area contributed by atoms with E-state index in [4.69, 9.17) is 0 Å². The minimum Gasteiger partial charge on any atom is -0.351 e. The van der Waals surface area contributed by atoms with Crippen LogP contribution in [-0.4, -0.2) is 11.4 Å². The van der Waals surface area contributed by atoms with Crippen LogP contribution >= 0.6 is 0 Å². The molecule has 8 fully saturated rings. The molecule has 0 spiro atoms. The molecule has 0 saturated heterocycles. The van der Waals surface area contributed by atoms with Gasteiger partial charge in [-0.3, -0.25) is 4.79 Å². The summed E-state index contributed by atoms with van der Waals surface area (Å²) in [5.41, 5.74) is 2.67. The normalized spacial score (nSPS) is 57.7. The smallest absolute Gasteiger partial charge is 0.217 e. The summed E-state index contributed by atoms with van der Waals surface area (Å²) in [5, 5.41) is 3.30. The van der Waals surface area contributed by atoms with Gasteiger partial charge in [0, 0.05) is 12.5 Å². The Bertz CT molecular complexity index is 628. The fourth-order valence-corrected chi connectivity index (χ4v) is 11.2. The average molecular weight is 386 g/mol. The first kappa shape index (κ1) is 19.4. The lowest BCUT2D eigenvalue weighted by atomic mass is 9.43. The van der Waals surface area contributed by atoms with Crippen LogP contribution in [0, 0.1) is 39.4 Å². The van der Waals surface area contributed by atoms with E-state index in [2.05, 4.69) is 33.0 Å². The van der Waals surface area contributed by atoms with Gasteiger partial charge in [-0.05, 0) is 116 Å². The van der Waals surface area contributed by atoms with Gasteiger partial charge in [-0.25, -0.2) is 0 Å².